The van der Waals surface area contributed by atoms with E-state index in [-0.39, 0.29) is 0 Å². The Bertz CT molecular complexity index is 349. The Kier molecular flexibility index (Phi) is 8.34. The highest BCUT2D eigenvalue weighted by Crippen LogP contribution is 2.24. The van der Waals surface area contributed by atoms with E-state index in [9.17, 15) is 0 Å². The Hall–Kier alpha value is -0.350. The molecular formula is C16H24IN. The van der Waals surface area contributed by atoms with Crippen LogP contribution in [-0.4, -0.2) is 6.54 Å². The molecule has 0 bridgehead atoms. The summed E-state index contributed by atoms with van der Waals surface area (Å²) in [6, 6.07) is 9.20. The molecule has 1 N–H and O–H groups in total. The molecule has 0 amide bonds. The third-order valence-corrected chi connectivity index (χ3v) is 4.11. The predicted octanol–water partition coefficient (Wildman–Crippen LogP) is 5.08. The van der Waals surface area contributed by atoms with Gasteiger partial charge >= 0.3 is 0 Å². The summed E-state index contributed by atoms with van der Waals surface area (Å²) < 4.78 is 1.37. The van der Waals surface area contributed by atoms with Crippen molar-refractivity contribution in [1.29, 1.82) is 0 Å². The summed E-state index contributed by atoms with van der Waals surface area (Å²) in [5.41, 5.74) is 1.45. The predicted molar refractivity (Wildman–Crippen MR) is 88.9 cm³/mol. The number of hydrogen-bond acceptors (Lipinski definition) is 1. The maximum absolute atomic E-state index is 3.77. The van der Waals surface area contributed by atoms with Gasteiger partial charge in [0.15, 0.2) is 0 Å². The standard InChI is InChI=1S/C16H24IN/c1-3-5-6-7-8-13-16(18-4-2)14-11-9-10-12-15(14)17/h3,9-12,16,18H,1,4-8,13H2,2H3. The van der Waals surface area contributed by atoms with E-state index in [1.807, 2.05) is 6.08 Å². The first-order valence-corrected chi connectivity index (χ1v) is 7.96. The molecule has 0 aromatic heterocycles. The second-order valence-corrected chi connectivity index (χ2v) is 5.72. The van der Waals surface area contributed by atoms with E-state index < -0.39 is 0 Å². The molecule has 0 radical (unpaired) electrons. The van der Waals surface area contributed by atoms with Crippen molar-refractivity contribution >= 4 is 22.6 Å². The average molecular weight is 357 g/mol. The van der Waals surface area contributed by atoms with E-state index in [0.717, 1.165) is 13.0 Å². The molecule has 0 fully saturated rings. The van der Waals surface area contributed by atoms with E-state index in [4.69, 9.17) is 0 Å². The molecule has 1 aromatic carbocycles. The molecule has 0 heterocycles. The zero-order valence-corrected chi connectivity index (χ0v) is 13.4. The van der Waals surface area contributed by atoms with Crippen LogP contribution >= 0.6 is 22.6 Å². The quantitative estimate of drug-likeness (QED) is 0.369. The van der Waals surface area contributed by atoms with Crippen molar-refractivity contribution in [3.8, 4) is 0 Å². The summed E-state index contributed by atoms with van der Waals surface area (Å²) in [6.45, 7) is 6.98. The Balaban J connectivity index is 2.49. The number of unbranched alkanes of at least 4 members (excludes halogenated alkanes) is 3. The Morgan fingerprint density at radius 2 is 2.06 bits per heavy atom. The van der Waals surface area contributed by atoms with Gasteiger partial charge in [0.2, 0.25) is 0 Å². The van der Waals surface area contributed by atoms with Gasteiger partial charge in [-0.1, -0.05) is 44.0 Å². The highest BCUT2D eigenvalue weighted by molar-refractivity contribution is 14.1. The van der Waals surface area contributed by atoms with E-state index in [2.05, 4.69) is 65.7 Å². The summed E-state index contributed by atoms with van der Waals surface area (Å²) >= 11 is 2.44. The summed E-state index contributed by atoms with van der Waals surface area (Å²) in [7, 11) is 0. The lowest BCUT2D eigenvalue weighted by atomic mass is 10.00. The first kappa shape index (κ1) is 15.7. The van der Waals surface area contributed by atoms with E-state index in [1.54, 1.807) is 0 Å². The molecule has 18 heavy (non-hydrogen) atoms. The van der Waals surface area contributed by atoms with E-state index in [0.29, 0.717) is 6.04 Å². The van der Waals surface area contributed by atoms with Crippen LogP contribution in [0.3, 0.4) is 0 Å². The van der Waals surface area contributed by atoms with Crippen molar-refractivity contribution in [2.45, 2.75) is 45.1 Å². The average Bonchev–Trinajstić information content (AvgIpc) is 2.38. The third kappa shape index (κ3) is 5.53. The molecule has 1 unspecified atom stereocenters. The number of halogens is 1. The van der Waals surface area contributed by atoms with Gasteiger partial charge in [0.25, 0.3) is 0 Å². The minimum atomic E-state index is 0.506. The number of benzene rings is 1. The molecule has 1 nitrogen and oxygen atoms in total. The lowest BCUT2D eigenvalue weighted by molar-refractivity contribution is 0.482. The molecule has 0 spiro atoms. The van der Waals surface area contributed by atoms with Gasteiger partial charge in [-0.3, -0.25) is 0 Å². The summed E-state index contributed by atoms with van der Waals surface area (Å²) in [5.74, 6) is 0. The second-order valence-electron chi connectivity index (χ2n) is 4.56. The van der Waals surface area contributed by atoms with E-state index >= 15 is 0 Å². The van der Waals surface area contributed by atoms with Gasteiger partial charge in [-0.25, -0.2) is 0 Å². The van der Waals surface area contributed by atoms with Crippen molar-refractivity contribution in [3.63, 3.8) is 0 Å². The van der Waals surface area contributed by atoms with Gasteiger partial charge in [-0.2, -0.15) is 0 Å². The normalized spacial score (nSPS) is 12.3. The van der Waals surface area contributed by atoms with Gasteiger partial charge in [0.05, 0.1) is 0 Å². The minimum absolute atomic E-state index is 0.506. The first-order valence-electron chi connectivity index (χ1n) is 6.88. The fourth-order valence-electron chi connectivity index (χ4n) is 2.19. The van der Waals surface area contributed by atoms with Gasteiger partial charge < -0.3 is 5.32 Å². The van der Waals surface area contributed by atoms with Crippen LogP contribution in [0.5, 0.6) is 0 Å². The van der Waals surface area contributed by atoms with Crippen molar-refractivity contribution in [3.05, 3.63) is 46.1 Å². The second kappa shape index (κ2) is 9.56. The molecule has 1 aromatic rings. The highest BCUT2D eigenvalue weighted by Gasteiger charge is 2.12. The van der Waals surface area contributed by atoms with Gasteiger partial charge in [0, 0.05) is 9.61 Å². The SMILES string of the molecule is C=CCCCCCC(NCC)c1ccccc1I. The molecule has 0 saturated carbocycles. The highest BCUT2D eigenvalue weighted by atomic mass is 127. The summed E-state index contributed by atoms with van der Waals surface area (Å²) in [5, 5.41) is 3.61. The first-order chi connectivity index (χ1) is 8.79. The van der Waals surface area contributed by atoms with Crippen molar-refractivity contribution in [2.75, 3.05) is 6.54 Å². The molecule has 0 aliphatic heterocycles. The third-order valence-electron chi connectivity index (χ3n) is 3.13. The zero-order chi connectivity index (χ0) is 13.2. The minimum Gasteiger partial charge on any atom is -0.310 e. The van der Waals surface area contributed by atoms with Crippen molar-refractivity contribution in [2.24, 2.45) is 0 Å². The van der Waals surface area contributed by atoms with Crippen LogP contribution in [0, 0.1) is 3.57 Å². The number of rotatable bonds is 9. The molecule has 1 rings (SSSR count). The monoisotopic (exact) mass is 357 g/mol. The molecule has 2 heteroatoms. The Morgan fingerprint density at radius 3 is 2.72 bits per heavy atom. The lowest BCUT2D eigenvalue weighted by Crippen LogP contribution is -2.21. The van der Waals surface area contributed by atoms with Crippen LogP contribution in [0.2, 0.25) is 0 Å². The molecule has 0 aliphatic rings. The van der Waals surface area contributed by atoms with Crippen LogP contribution in [0.15, 0.2) is 36.9 Å². The Morgan fingerprint density at radius 1 is 1.28 bits per heavy atom. The molecule has 0 saturated heterocycles. The largest absolute Gasteiger partial charge is 0.310 e. The lowest BCUT2D eigenvalue weighted by Gasteiger charge is -2.19. The van der Waals surface area contributed by atoms with Gasteiger partial charge in [0.1, 0.15) is 0 Å². The number of allylic oxidation sites excluding steroid dienone is 1. The molecular weight excluding hydrogens is 333 g/mol. The zero-order valence-electron chi connectivity index (χ0n) is 11.3. The maximum atomic E-state index is 3.77. The van der Waals surface area contributed by atoms with Gasteiger partial charge in [-0.15, -0.1) is 6.58 Å². The topological polar surface area (TPSA) is 12.0 Å². The maximum Gasteiger partial charge on any atom is 0.0330 e. The van der Waals surface area contributed by atoms with Gasteiger partial charge in [-0.05, 0) is 60.0 Å². The molecule has 100 valence electrons. The summed E-state index contributed by atoms with van der Waals surface area (Å²) in [4.78, 5) is 0. The van der Waals surface area contributed by atoms with E-state index in [1.165, 1.54) is 34.8 Å². The number of hydrogen-bond donors (Lipinski definition) is 1. The van der Waals surface area contributed by atoms with Crippen molar-refractivity contribution in [1.82, 2.24) is 5.32 Å². The van der Waals surface area contributed by atoms with Crippen molar-refractivity contribution < 1.29 is 0 Å². The van der Waals surface area contributed by atoms with Crippen LogP contribution in [-0.2, 0) is 0 Å². The van der Waals surface area contributed by atoms with Crippen LogP contribution in [0.4, 0.5) is 0 Å². The molecule has 1 atom stereocenters. The Labute approximate surface area is 125 Å². The fourth-order valence-corrected chi connectivity index (χ4v) is 2.95. The molecule has 0 aliphatic carbocycles. The summed E-state index contributed by atoms with van der Waals surface area (Å²) in [6.07, 6.45) is 8.25. The van der Waals surface area contributed by atoms with Crippen LogP contribution in [0.25, 0.3) is 0 Å². The van der Waals surface area contributed by atoms with Crippen LogP contribution in [0.1, 0.15) is 50.6 Å². The number of nitrogens with one attached hydrogen (secondary N) is 1. The smallest absolute Gasteiger partial charge is 0.0330 e. The fraction of sp³-hybridized carbons (Fsp3) is 0.500. The van der Waals surface area contributed by atoms with Crippen LogP contribution < -0.4 is 5.32 Å².